The number of rotatable bonds is 1. The zero-order valence-corrected chi connectivity index (χ0v) is 9.83. The number of benzene rings is 1. The maximum atomic E-state index is 6.43. The average molecular weight is 214 g/mol. The zero-order valence-electron chi connectivity index (χ0n) is 9.83. The Kier molecular flexibility index (Phi) is 2.60. The molecule has 0 aromatic heterocycles. The lowest BCUT2D eigenvalue weighted by Crippen LogP contribution is -2.36. The van der Waals surface area contributed by atoms with Gasteiger partial charge in [0, 0.05) is 5.70 Å². The molecule has 2 rings (SSSR count). The van der Waals surface area contributed by atoms with Crippen LogP contribution in [0.4, 0.5) is 0 Å². The predicted molar refractivity (Wildman–Crippen MR) is 67.8 cm³/mol. The van der Waals surface area contributed by atoms with Gasteiger partial charge in [0.2, 0.25) is 0 Å². The summed E-state index contributed by atoms with van der Waals surface area (Å²) in [7, 11) is 0. The molecule has 2 nitrogen and oxygen atoms in total. The Labute approximate surface area is 96.6 Å². The molecule has 84 valence electrons. The normalized spacial score (nSPS) is 24.3. The average Bonchev–Trinajstić information content (AvgIpc) is 2.27. The van der Waals surface area contributed by atoms with E-state index < -0.39 is 5.54 Å². The standard InChI is InChI=1S/C14H18N2/c1-10-4-3-5-13(11(10)2)14(16)8-6-12(15)7-9-14/h3-8H,9,15-16H2,1-2H3. The Morgan fingerprint density at radius 1 is 1.25 bits per heavy atom. The fraction of sp³-hybridized carbons (Fsp3) is 0.286. The molecule has 4 N–H and O–H groups in total. The lowest BCUT2D eigenvalue weighted by Gasteiger charge is -2.30. The van der Waals surface area contributed by atoms with Crippen LogP contribution in [0.25, 0.3) is 0 Å². The van der Waals surface area contributed by atoms with Gasteiger partial charge >= 0.3 is 0 Å². The Morgan fingerprint density at radius 3 is 2.62 bits per heavy atom. The molecular formula is C14H18N2. The SMILES string of the molecule is Cc1cccc(C2(N)C=CC(N)=CC2)c1C. The molecule has 0 saturated carbocycles. The number of allylic oxidation sites excluding steroid dienone is 1. The van der Waals surface area contributed by atoms with Crippen LogP contribution in [0.15, 0.2) is 42.1 Å². The van der Waals surface area contributed by atoms with E-state index in [1.807, 2.05) is 18.2 Å². The molecule has 0 fully saturated rings. The van der Waals surface area contributed by atoms with Crippen LogP contribution in [-0.2, 0) is 5.54 Å². The summed E-state index contributed by atoms with van der Waals surface area (Å²) >= 11 is 0. The predicted octanol–water partition coefficient (Wildman–Crippen LogP) is 2.26. The summed E-state index contributed by atoms with van der Waals surface area (Å²) in [5.74, 6) is 0. The monoisotopic (exact) mass is 214 g/mol. The molecule has 1 atom stereocenters. The smallest absolute Gasteiger partial charge is 0.0637 e. The van der Waals surface area contributed by atoms with Gasteiger partial charge in [-0.1, -0.05) is 30.4 Å². The summed E-state index contributed by atoms with van der Waals surface area (Å²) in [5.41, 5.74) is 16.3. The van der Waals surface area contributed by atoms with Crippen LogP contribution in [-0.4, -0.2) is 0 Å². The molecule has 0 saturated heterocycles. The minimum atomic E-state index is -0.404. The summed E-state index contributed by atoms with van der Waals surface area (Å²) in [5, 5.41) is 0. The van der Waals surface area contributed by atoms with Crippen molar-refractivity contribution in [2.45, 2.75) is 25.8 Å². The van der Waals surface area contributed by atoms with Crippen molar-refractivity contribution in [3.8, 4) is 0 Å². The molecule has 0 spiro atoms. The summed E-state index contributed by atoms with van der Waals surface area (Å²) in [4.78, 5) is 0. The quantitative estimate of drug-likeness (QED) is 0.753. The second-order valence-electron chi connectivity index (χ2n) is 4.53. The van der Waals surface area contributed by atoms with Gasteiger partial charge in [-0.25, -0.2) is 0 Å². The van der Waals surface area contributed by atoms with E-state index in [9.17, 15) is 0 Å². The topological polar surface area (TPSA) is 52.0 Å². The number of nitrogens with two attached hydrogens (primary N) is 2. The summed E-state index contributed by atoms with van der Waals surface area (Å²) < 4.78 is 0. The summed E-state index contributed by atoms with van der Waals surface area (Å²) in [6, 6.07) is 6.27. The van der Waals surface area contributed by atoms with E-state index in [1.54, 1.807) is 0 Å². The van der Waals surface area contributed by atoms with E-state index in [4.69, 9.17) is 11.5 Å². The molecule has 1 unspecified atom stereocenters. The van der Waals surface area contributed by atoms with Crippen LogP contribution in [0.1, 0.15) is 23.1 Å². The largest absolute Gasteiger partial charge is 0.399 e. The molecular weight excluding hydrogens is 196 g/mol. The summed E-state index contributed by atoms with van der Waals surface area (Å²) in [6.45, 7) is 4.23. The van der Waals surface area contributed by atoms with Crippen molar-refractivity contribution in [1.82, 2.24) is 0 Å². The van der Waals surface area contributed by atoms with Gasteiger partial charge in [-0.2, -0.15) is 0 Å². The fourth-order valence-corrected chi connectivity index (χ4v) is 2.12. The van der Waals surface area contributed by atoms with Crippen molar-refractivity contribution >= 4 is 0 Å². The van der Waals surface area contributed by atoms with Crippen molar-refractivity contribution < 1.29 is 0 Å². The van der Waals surface area contributed by atoms with Crippen LogP contribution in [0.2, 0.25) is 0 Å². The van der Waals surface area contributed by atoms with Crippen molar-refractivity contribution in [1.29, 1.82) is 0 Å². The van der Waals surface area contributed by atoms with E-state index in [1.165, 1.54) is 16.7 Å². The van der Waals surface area contributed by atoms with Gasteiger partial charge in [-0.3, -0.25) is 0 Å². The highest BCUT2D eigenvalue weighted by atomic mass is 14.7. The second kappa shape index (κ2) is 3.80. The maximum absolute atomic E-state index is 6.43. The third kappa shape index (κ3) is 1.76. The highest BCUT2D eigenvalue weighted by Crippen LogP contribution is 2.31. The van der Waals surface area contributed by atoms with E-state index >= 15 is 0 Å². The Bertz CT molecular complexity index is 472. The molecule has 2 heteroatoms. The summed E-state index contributed by atoms with van der Waals surface area (Å²) in [6.07, 6.45) is 6.65. The second-order valence-corrected chi connectivity index (χ2v) is 4.53. The first kappa shape index (κ1) is 11.0. The molecule has 0 amide bonds. The van der Waals surface area contributed by atoms with Crippen molar-refractivity contribution in [3.05, 3.63) is 58.8 Å². The van der Waals surface area contributed by atoms with Crippen LogP contribution in [0.3, 0.4) is 0 Å². The van der Waals surface area contributed by atoms with Gasteiger partial charge in [-0.15, -0.1) is 0 Å². The Morgan fingerprint density at radius 2 is 2.00 bits per heavy atom. The van der Waals surface area contributed by atoms with Crippen molar-refractivity contribution in [2.24, 2.45) is 11.5 Å². The number of aryl methyl sites for hydroxylation is 1. The van der Waals surface area contributed by atoms with Gasteiger partial charge in [0.1, 0.15) is 0 Å². The van der Waals surface area contributed by atoms with Crippen LogP contribution < -0.4 is 11.5 Å². The van der Waals surface area contributed by atoms with Crippen LogP contribution in [0, 0.1) is 13.8 Å². The first-order valence-electron chi connectivity index (χ1n) is 5.53. The number of hydrogen-bond donors (Lipinski definition) is 2. The van der Waals surface area contributed by atoms with E-state index in [-0.39, 0.29) is 0 Å². The minimum Gasteiger partial charge on any atom is -0.399 e. The lowest BCUT2D eigenvalue weighted by molar-refractivity contribution is 0.558. The molecule has 0 radical (unpaired) electrons. The molecule has 0 heterocycles. The first-order chi connectivity index (χ1) is 7.53. The third-order valence-electron chi connectivity index (χ3n) is 3.35. The van der Waals surface area contributed by atoms with Gasteiger partial charge < -0.3 is 11.5 Å². The molecule has 1 aliphatic carbocycles. The van der Waals surface area contributed by atoms with Crippen LogP contribution >= 0.6 is 0 Å². The molecule has 0 bridgehead atoms. The minimum absolute atomic E-state index is 0.404. The molecule has 1 aromatic carbocycles. The lowest BCUT2D eigenvalue weighted by atomic mass is 9.81. The van der Waals surface area contributed by atoms with E-state index in [2.05, 4.69) is 32.0 Å². The zero-order chi connectivity index (χ0) is 11.8. The number of hydrogen-bond acceptors (Lipinski definition) is 2. The van der Waals surface area contributed by atoms with Gasteiger partial charge in [0.25, 0.3) is 0 Å². The van der Waals surface area contributed by atoms with Crippen LogP contribution in [0.5, 0.6) is 0 Å². The highest BCUT2D eigenvalue weighted by molar-refractivity contribution is 5.43. The van der Waals surface area contributed by atoms with Gasteiger partial charge in [0.05, 0.1) is 5.54 Å². The molecule has 1 aromatic rings. The molecule has 16 heavy (non-hydrogen) atoms. The Balaban J connectivity index is 2.46. The fourth-order valence-electron chi connectivity index (χ4n) is 2.12. The van der Waals surface area contributed by atoms with Gasteiger partial charge in [0.15, 0.2) is 0 Å². The maximum Gasteiger partial charge on any atom is 0.0637 e. The van der Waals surface area contributed by atoms with E-state index in [0.29, 0.717) is 0 Å². The Hall–Kier alpha value is -1.54. The third-order valence-corrected chi connectivity index (χ3v) is 3.35. The van der Waals surface area contributed by atoms with E-state index in [0.717, 1.165) is 12.1 Å². The molecule has 0 aliphatic heterocycles. The first-order valence-corrected chi connectivity index (χ1v) is 5.53. The van der Waals surface area contributed by atoms with Crippen molar-refractivity contribution in [3.63, 3.8) is 0 Å². The highest BCUT2D eigenvalue weighted by Gasteiger charge is 2.26. The van der Waals surface area contributed by atoms with Gasteiger partial charge in [-0.05, 0) is 43.0 Å². The van der Waals surface area contributed by atoms with Crippen molar-refractivity contribution in [2.75, 3.05) is 0 Å². The molecule has 1 aliphatic rings.